The molecular weight excluding hydrogens is 518 g/mol. The van der Waals surface area contributed by atoms with Crippen molar-refractivity contribution in [2.75, 3.05) is 11.2 Å². The monoisotopic (exact) mass is 535 g/mol. The van der Waals surface area contributed by atoms with Gasteiger partial charge in [-0.2, -0.15) is 13.5 Å². The zero-order chi connectivity index (χ0) is 26.3. The molecule has 0 heterocycles. The van der Waals surface area contributed by atoms with Crippen molar-refractivity contribution in [3.63, 3.8) is 0 Å². The maximum absolute atomic E-state index is 11.6. The number of carboxylic acid groups (broad SMARTS) is 1. The van der Waals surface area contributed by atoms with Crippen LogP contribution >= 0.6 is 12.0 Å². The number of phenolic OH excluding ortho intramolecular Hbond substituents is 1. The van der Waals surface area contributed by atoms with Crippen LogP contribution in [0.15, 0.2) is 85.8 Å². The molecule has 3 aromatic carbocycles. The highest BCUT2D eigenvalue weighted by molar-refractivity contribution is 7.94. The summed E-state index contributed by atoms with van der Waals surface area (Å²) in [5.74, 6) is -1.92. The first-order valence-corrected chi connectivity index (χ1v) is 11.7. The van der Waals surface area contributed by atoms with Crippen molar-refractivity contribution in [2.45, 2.75) is 9.79 Å². The molecule has 0 bridgehead atoms. The average Bonchev–Trinajstić information content (AvgIpc) is 2.85. The fourth-order valence-electron chi connectivity index (χ4n) is 2.70. The number of hydrogen-bond acceptors (Lipinski definition) is 12. The smallest absolute Gasteiger partial charge is 0.338 e. The molecule has 0 fully saturated rings. The highest BCUT2D eigenvalue weighted by atomic mass is 32.2. The van der Waals surface area contributed by atoms with Crippen LogP contribution in [-0.2, 0) is 19.5 Å². The summed E-state index contributed by atoms with van der Waals surface area (Å²) in [5, 5.41) is 43.5. The van der Waals surface area contributed by atoms with E-state index in [4.69, 9.17) is 11.0 Å². The molecule has 0 amide bonds. The van der Waals surface area contributed by atoms with E-state index in [-0.39, 0.29) is 28.6 Å². The molecule has 0 unspecified atom stereocenters. The largest absolute Gasteiger partial charge is 0.504 e. The quantitative estimate of drug-likeness (QED) is 0.0264. The third-order valence-electron chi connectivity index (χ3n) is 4.34. The maximum atomic E-state index is 11.6. The fourth-order valence-corrected chi connectivity index (χ4v) is 3.65. The van der Waals surface area contributed by atoms with E-state index in [1.165, 1.54) is 12.1 Å². The van der Waals surface area contributed by atoms with Gasteiger partial charge < -0.3 is 15.9 Å². The third-order valence-corrected chi connectivity index (χ3v) is 5.74. The zero-order valence-electron chi connectivity index (χ0n) is 17.8. The first-order valence-electron chi connectivity index (χ1n) is 9.53. The van der Waals surface area contributed by atoms with Crippen LogP contribution in [0.3, 0.4) is 0 Å². The van der Waals surface area contributed by atoms with Gasteiger partial charge >= 0.3 is 5.97 Å². The van der Waals surface area contributed by atoms with Crippen molar-refractivity contribution in [3.05, 3.63) is 71.8 Å². The van der Waals surface area contributed by atoms with Crippen LogP contribution in [-0.4, -0.2) is 40.2 Å². The van der Waals surface area contributed by atoms with E-state index >= 15 is 0 Å². The van der Waals surface area contributed by atoms with Crippen LogP contribution in [0.2, 0.25) is 0 Å². The number of nitrogens with two attached hydrogens (primary N) is 1. The molecule has 36 heavy (non-hydrogen) atoms. The lowest BCUT2D eigenvalue weighted by Gasteiger charge is -2.09. The number of phenols is 1. The number of carbonyl (C=O) groups is 1. The van der Waals surface area contributed by atoms with Crippen LogP contribution in [0.5, 0.6) is 5.75 Å². The molecule has 0 saturated carbocycles. The van der Waals surface area contributed by atoms with Gasteiger partial charge in [0.2, 0.25) is 5.84 Å². The number of nitrogens with zero attached hydrogens (tertiary/aromatic N) is 3. The Kier molecular flexibility index (Phi) is 8.54. The predicted octanol–water partition coefficient (Wildman–Crippen LogP) is 3.91. The van der Waals surface area contributed by atoms with E-state index in [0.717, 1.165) is 18.2 Å². The minimum atomic E-state index is -4.64. The summed E-state index contributed by atoms with van der Waals surface area (Å²) < 4.78 is 36.2. The molecule has 16 heteroatoms. The number of benzene rings is 3. The second-order valence-electron chi connectivity index (χ2n) is 6.71. The first-order chi connectivity index (χ1) is 17.1. The lowest BCUT2D eigenvalue weighted by molar-refractivity contribution is -0.432. The number of nitrogen functional groups attached to an aromatic ring is 1. The van der Waals surface area contributed by atoms with E-state index in [2.05, 4.69) is 30.1 Å². The van der Waals surface area contributed by atoms with Crippen LogP contribution in [0.25, 0.3) is 0 Å². The molecule has 3 aromatic rings. The summed E-state index contributed by atoms with van der Waals surface area (Å²) in [6, 6.07) is 13.8. The number of hydrogen-bond donors (Lipinski definition) is 6. The Morgan fingerprint density at radius 3 is 2.44 bits per heavy atom. The zero-order valence-corrected chi connectivity index (χ0v) is 19.5. The second-order valence-corrected chi connectivity index (χ2v) is 8.90. The van der Waals surface area contributed by atoms with Gasteiger partial charge in [-0.3, -0.25) is 9.98 Å². The van der Waals surface area contributed by atoms with Gasteiger partial charge in [0.15, 0.2) is 5.75 Å². The Bertz CT molecular complexity index is 1430. The molecule has 7 N–H and O–H groups in total. The van der Waals surface area contributed by atoms with E-state index in [0.29, 0.717) is 22.5 Å². The first kappa shape index (κ1) is 26.5. The number of amidine groups is 1. The standard InChI is InChI=1S/C20H17N5O9S2/c21-15-8-12(35-34-33-29)9-17(18(15)26)23-25-19(11-4-2-1-3-5-11)24-22-16-7-6-13(36(30,31)32)10-14(16)20(27)28/h1-10,23,26,29H,21H2,(H,27,28)(H,30,31,32). The van der Waals surface area contributed by atoms with Gasteiger partial charge in [-0.05, 0) is 30.3 Å². The van der Waals surface area contributed by atoms with Gasteiger partial charge in [0.25, 0.3) is 10.1 Å². The van der Waals surface area contributed by atoms with Gasteiger partial charge in [-0.15, -0.1) is 14.6 Å². The summed E-state index contributed by atoms with van der Waals surface area (Å²) in [6.07, 6.45) is 0. The van der Waals surface area contributed by atoms with Crippen LogP contribution < -0.4 is 11.2 Å². The molecule has 0 aliphatic carbocycles. The number of carboxylic acids is 1. The van der Waals surface area contributed by atoms with Crippen molar-refractivity contribution in [1.82, 2.24) is 0 Å². The van der Waals surface area contributed by atoms with Crippen LogP contribution in [0.1, 0.15) is 15.9 Å². The summed E-state index contributed by atoms with van der Waals surface area (Å²) in [4.78, 5) is 11.3. The lowest BCUT2D eigenvalue weighted by Crippen LogP contribution is -2.04. The summed E-state index contributed by atoms with van der Waals surface area (Å²) in [5.41, 5.74) is 8.00. The number of nitrogens with one attached hydrogen (secondary N) is 1. The molecule has 0 radical (unpaired) electrons. The number of anilines is 2. The van der Waals surface area contributed by atoms with Crippen LogP contribution in [0.4, 0.5) is 17.1 Å². The lowest BCUT2D eigenvalue weighted by atomic mass is 10.2. The van der Waals surface area contributed by atoms with E-state index in [9.17, 15) is 28.0 Å². The Hall–Kier alpha value is -4.06. The van der Waals surface area contributed by atoms with Gasteiger partial charge in [-0.25, -0.2) is 10.1 Å². The molecular formula is C20H17N5O9S2. The second kappa shape index (κ2) is 11.6. The van der Waals surface area contributed by atoms with Crippen LogP contribution in [0, 0.1) is 0 Å². The van der Waals surface area contributed by atoms with Crippen molar-refractivity contribution in [3.8, 4) is 5.75 Å². The van der Waals surface area contributed by atoms with Crippen molar-refractivity contribution >= 4 is 51.0 Å². The number of aromatic hydroxyl groups is 1. The maximum Gasteiger partial charge on any atom is 0.338 e. The molecule has 0 aromatic heterocycles. The number of hydrazone groups is 1. The Balaban J connectivity index is 2.01. The minimum absolute atomic E-state index is 0.0198. The topological polar surface area (TPSA) is 226 Å². The third kappa shape index (κ3) is 6.75. The Morgan fingerprint density at radius 1 is 1.08 bits per heavy atom. The van der Waals surface area contributed by atoms with E-state index in [1.54, 1.807) is 30.3 Å². The van der Waals surface area contributed by atoms with Gasteiger partial charge in [0.1, 0.15) is 11.4 Å². The number of azo groups is 1. The summed E-state index contributed by atoms with van der Waals surface area (Å²) in [7, 11) is -4.64. The fraction of sp³-hybridized carbons (Fsp3) is 0. The SMILES string of the molecule is Nc1cc(SOOO)cc(NN=C(N=Nc2ccc(S(=O)(=O)O)cc2C(=O)O)c2ccccc2)c1O. The average molecular weight is 536 g/mol. The minimum Gasteiger partial charge on any atom is -0.504 e. The molecule has 14 nitrogen and oxygen atoms in total. The van der Waals surface area contributed by atoms with Gasteiger partial charge in [-0.1, -0.05) is 35.4 Å². The number of rotatable bonds is 9. The van der Waals surface area contributed by atoms with Gasteiger partial charge in [0, 0.05) is 10.5 Å². The Labute approximate surface area is 207 Å². The van der Waals surface area contributed by atoms with Crippen molar-refractivity contribution in [2.24, 2.45) is 15.3 Å². The molecule has 0 aliphatic rings. The molecule has 0 aliphatic heterocycles. The van der Waals surface area contributed by atoms with E-state index in [1.807, 2.05) is 0 Å². The molecule has 0 atom stereocenters. The highest BCUT2D eigenvalue weighted by Crippen LogP contribution is 2.35. The van der Waals surface area contributed by atoms with Gasteiger partial charge in [0.05, 0.1) is 28.2 Å². The molecule has 3 rings (SSSR count). The summed E-state index contributed by atoms with van der Waals surface area (Å²) >= 11 is 0.593. The molecule has 0 spiro atoms. The molecule has 0 saturated heterocycles. The summed E-state index contributed by atoms with van der Waals surface area (Å²) in [6.45, 7) is 0. The predicted molar refractivity (Wildman–Crippen MR) is 128 cm³/mol. The highest BCUT2D eigenvalue weighted by Gasteiger charge is 2.17. The van der Waals surface area contributed by atoms with Crippen molar-refractivity contribution in [1.29, 1.82) is 0 Å². The molecule has 188 valence electrons. The Morgan fingerprint density at radius 2 is 1.81 bits per heavy atom. The van der Waals surface area contributed by atoms with E-state index < -0.39 is 26.5 Å². The van der Waals surface area contributed by atoms with Crippen molar-refractivity contribution < 1.29 is 42.6 Å². The normalized spacial score (nSPS) is 12.1. The number of aromatic carboxylic acids is 1.